The maximum Gasteiger partial charge on any atom is 0.191 e. The number of halogens is 1. The molecule has 0 aliphatic carbocycles. The summed E-state index contributed by atoms with van der Waals surface area (Å²) in [5, 5.41) is 7.84. The number of rotatable bonds is 5. The van der Waals surface area contributed by atoms with Crippen molar-refractivity contribution in [2.45, 2.75) is 39.7 Å². The lowest BCUT2D eigenvalue weighted by molar-refractivity contribution is 0.508. The number of benzene rings is 1. The molecule has 0 atom stereocenters. The molecule has 24 heavy (non-hydrogen) atoms. The van der Waals surface area contributed by atoms with Crippen LogP contribution in [0.15, 0.2) is 35.3 Å². The van der Waals surface area contributed by atoms with Gasteiger partial charge in [0.1, 0.15) is 5.01 Å². The maximum atomic E-state index is 4.55. The summed E-state index contributed by atoms with van der Waals surface area (Å²) in [5.74, 6) is 0.805. The van der Waals surface area contributed by atoms with Crippen molar-refractivity contribution in [2.75, 3.05) is 13.6 Å². The van der Waals surface area contributed by atoms with Crippen molar-refractivity contribution in [3.8, 4) is 0 Å². The molecule has 0 fully saturated rings. The van der Waals surface area contributed by atoms with Gasteiger partial charge in [0.2, 0.25) is 0 Å². The van der Waals surface area contributed by atoms with Gasteiger partial charge < -0.3 is 10.6 Å². The van der Waals surface area contributed by atoms with Crippen LogP contribution in [-0.4, -0.2) is 24.5 Å². The van der Waals surface area contributed by atoms with Crippen molar-refractivity contribution in [1.82, 2.24) is 15.6 Å². The first-order valence-electron chi connectivity index (χ1n) is 7.85. The van der Waals surface area contributed by atoms with Crippen LogP contribution < -0.4 is 10.6 Å². The Labute approximate surface area is 166 Å². The second-order valence-electron chi connectivity index (χ2n) is 6.28. The minimum Gasteiger partial charge on any atom is -0.356 e. The van der Waals surface area contributed by atoms with E-state index < -0.39 is 0 Å². The minimum absolute atomic E-state index is 0. The Morgan fingerprint density at radius 3 is 2.38 bits per heavy atom. The van der Waals surface area contributed by atoms with E-state index in [1.807, 2.05) is 13.0 Å². The van der Waals surface area contributed by atoms with Crippen molar-refractivity contribution in [2.24, 2.45) is 4.99 Å². The summed E-state index contributed by atoms with van der Waals surface area (Å²) in [6.07, 6.45) is 0. The molecule has 0 radical (unpaired) electrons. The molecule has 2 rings (SSSR count). The molecule has 6 heteroatoms. The topological polar surface area (TPSA) is 49.3 Å². The summed E-state index contributed by atoms with van der Waals surface area (Å²) in [5.41, 5.74) is 2.46. The fourth-order valence-electron chi connectivity index (χ4n) is 2.29. The lowest BCUT2D eigenvalue weighted by Gasteiger charge is -2.26. The normalized spacial score (nSPS) is 11.8. The molecule has 0 bridgehead atoms. The van der Waals surface area contributed by atoms with Crippen molar-refractivity contribution >= 4 is 41.3 Å². The first-order chi connectivity index (χ1) is 10.9. The summed E-state index contributed by atoms with van der Waals surface area (Å²) in [7, 11) is 1.79. The first-order valence-corrected chi connectivity index (χ1v) is 8.67. The van der Waals surface area contributed by atoms with E-state index in [2.05, 4.69) is 65.6 Å². The van der Waals surface area contributed by atoms with Gasteiger partial charge >= 0.3 is 0 Å². The van der Waals surface area contributed by atoms with E-state index in [0.29, 0.717) is 6.54 Å². The Kier molecular flexibility index (Phi) is 8.15. The number of aliphatic imine (C=N–C) groups is 1. The Bertz CT molecular complexity index is 645. The van der Waals surface area contributed by atoms with Crippen LogP contribution in [0.1, 0.15) is 35.0 Å². The first kappa shape index (κ1) is 20.9. The van der Waals surface area contributed by atoms with Gasteiger partial charge in [0, 0.05) is 23.9 Å². The molecule has 0 saturated heterocycles. The summed E-state index contributed by atoms with van der Waals surface area (Å²) in [6.45, 7) is 10.1. The molecule has 0 spiro atoms. The largest absolute Gasteiger partial charge is 0.356 e. The highest BCUT2D eigenvalue weighted by Gasteiger charge is 2.20. The summed E-state index contributed by atoms with van der Waals surface area (Å²) in [4.78, 5) is 10.1. The lowest BCUT2D eigenvalue weighted by atomic mass is 9.85. The highest BCUT2D eigenvalue weighted by atomic mass is 127. The van der Waals surface area contributed by atoms with E-state index in [1.54, 1.807) is 18.4 Å². The molecule has 2 N–H and O–H groups in total. The number of guanidine groups is 1. The van der Waals surface area contributed by atoms with Gasteiger partial charge in [-0.1, -0.05) is 44.2 Å². The number of aryl methyl sites for hydroxylation is 2. The summed E-state index contributed by atoms with van der Waals surface area (Å²) >= 11 is 1.73. The molecule has 1 aromatic carbocycles. The zero-order valence-electron chi connectivity index (χ0n) is 15.0. The molecule has 0 unspecified atom stereocenters. The predicted octanol–water partition coefficient (Wildman–Crippen LogP) is 4.02. The van der Waals surface area contributed by atoms with Crippen LogP contribution in [0.2, 0.25) is 0 Å². The number of nitrogens with zero attached hydrogens (tertiary/aromatic N) is 2. The van der Waals surface area contributed by atoms with Gasteiger partial charge in [0.05, 0.1) is 12.2 Å². The Balaban J connectivity index is 0.00000288. The monoisotopic (exact) mass is 458 g/mol. The van der Waals surface area contributed by atoms with Crippen molar-refractivity contribution in [3.63, 3.8) is 0 Å². The standard InChI is InChI=1S/C18H26N4S.HI/c1-13-14(2)23-16(22-13)11-20-17(19-5)21-12-18(3,4)15-9-7-6-8-10-15;/h6-10H,11-12H2,1-5H3,(H2,19,20,21);1H. The van der Waals surface area contributed by atoms with Crippen LogP contribution in [0.4, 0.5) is 0 Å². The quantitative estimate of drug-likeness (QED) is 0.404. The van der Waals surface area contributed by atoms with E-state index in [1.165, 1.54) is 10.4 Å². The molecular weight excluding hydrogens is 431 g/mol. The van der Waals surface area contributed by atoms with Crippen molar-refractivity contribution in [3.05, 3.63) is 51.5 Å². The van der Waals surface area contributed by atoms with Gasteiger partial charge in [-0.05, 0) is 19.4 Å². The van der Waals surface area contributed by atoms with Crippen LogP contribution in [-0.2, 0) is 12.0 Å². The zero-order valence-corrected chi connectivity index (χ0v) is 18.2. The molecule has 2 aromatic rings. The van der Waals surface area contributed by atoms with Crippen LogP contribution in [0.3, 0.4) is 0 Å². The molecule has 4 nitrogen and oxygen atoms in total. The third kappa shape index (κ3) is 5.73. The minimum atomic E-state index is 0. The smallest absolute Gasteiger partial charge is 0.191 e. The van der Waals surface area contributed by atoms with Crippen molar-refractivity contribution < 1.29 is 0 Å². The average Bonchev–Trinajstić information content (AvgIpc) is 2.87. The van der Waals surface area contributed by atoms with E-state index in [-0.39, 0.29) is 29.4 Å². The lowest BCUT2D eigenvalue weighted by Crippen LogP contribution is -2.43. The Hall–Kier alpha value is -1.15. The van der Waals surface area contributed by atoms with Crippen molar-refractivity contribution in [1.29, 1.82) is 0 Å². The number of thiazole rings is 1. The molecule has 0 aliphatic rings. The number of aromatic nitrogens is 1. The highest BCUT2D eigenvalue weighted by Crippen LogP contribution is 2.21. The summed E-state index contributed by atoms with van der Waals surface area (Å²) < 4.78 is 0. The van der Waals surface area contributed by atoms with E-state index >= 15 is 0 Å². The number of hydrogen-bond donors (Lipinski definition) is 2. The second-order valence-corrected chi connectivity index (χ2v) is 7.57. The maximum absolute atomic E-state index is 4.55. The molecule has 0 saturated carbocycles. The van der Waals surface area contributed by atoms with E-state index in [0.717, 1.165) is 23.2 Å². The third-order valence-electron chi connectivity index (χ3n) is 3.96. The molecular formula is C18H27IN4S. The molecule has 0 amide bonds. The van der Waals surface area contributed by atoms with Gasteiger partial charge in [0.25, 0.3) is 0 Å². The predicted molar refractivity (Wildman–Crippen MR) is 115 cm³/mol. The zero-order chi connectivity index (χ0) is 16.9. The van der Waals surface area contributed by atoms with Gasteiger partial charge in [-0.15, -0.1) is 35.3 Å². The third-order valence-corrected chi connectivity index (χ3v) is 5.03. The molecule has 1 aromatic heterocycles. The number of hydrogen-bond acceptors (Lipinski definition) is 3. The SMILES string of the molecule is CN=C(NCc1nc(C)c(C)s1)NCC(C)(C)c1ccccc1.I. The van der Waals surface area contributed by atoms with E-state index in [4.69, 9.17) is 0 Å². The van der Waals surface area contributed by atoms with Gasteiger partial charge in [-0.3, -0.25) is 4.99 Å². The van der Waals surface area contributed by atoms with E-state index in [9.17, 15) is 0 Å². The van der Waals surface area contributed by atoms with Gasteiger partial charge in [-0.2, -0.15) is 0 Å². The highest BCUT2D eigenvalue weighted by molar-refractivity contribution is 14.0. The number of nitrogens with one attached hydrogen (secondary N) is 2. The molecule has 1 heterocycles. The van der Waals surface area contributed by atoms with Crippen LogP contribution in [0, 0.1) is 13.8 Å². The van der Waals surface area contributed by atoms with Crippen LogP contribution >= 0.6 is 35.3 Å². The second kappa shape index (κ2) is 9.36. The average molecular weight is 458 g/mol. The summed E-state index contributed by atoms with van der Waals surface area (Å²) in [6, 6.07) is 10.5. The fraction of sp³-hybridized carbons (Fsp3) is 0.444. The van der Waals surface area contributed by atoms with Crippen LogP contribution in [0.25, 0.3) is 0 Å². The molecule has 0 aliphatic heterocycles. The Morgan fingerprint density at radius 1 is 1.17 bits per heavy atom. The van der Waals surface area contributed by atoms with Gasteiger partial charge in [0.15, 0.2) is 5.96 Å². The van der Waals surface area contributed by atoms with Gasteiger partial charge in [-0.25, -0.2) is 4.98 Å². The molecule has 132 valence electrons. The Morgan fingerprint density at radius 2 is 1.83 bits per heavy atom. The van der Waals surface area contributed by atoms with Crippen LogP contribution in [0.5, 0.6) is 0 Å². The fourth-order valence-corrected chi connectivity index (χ4v) is 3.16.